The van der Waals surface area contributed by atoms with E-state index >= 15 is 0 Å². The third-order valence-corrected chi connectivity index (χ3v) is 6.08. The first-order valence-corrected chi connectivity index (χ1v) is 12.8. The van der Waals surface area contributed by atoms with Crippen LogP contribution in [0.2, 0.25) is 0 Å². The molecule has 1 heterocycles. The van der Waals surface area contributed by atoms with Crippen LogP contribution in [0.1, 0.15) is 69.2 Å². The van der Waals surface area contributed by atoms with Gasteiger partial charge in [-0.05, 0) is 67.5 Å². The Balaban J connectivity index is 0.00000247. The molecule has 1 N–H and O–H groups in total. The number of aliphatic hydroxyl groups is 1. The maximum Gasteiger partial charge on any atom is 0.270 e. The van der Waals surface area contributed by atoms with Gasteiger partial charge in [-0.2, -0.15) is 0 Å². The van der Waals surface area contributed by atoms with Crippen LogP contribution in [0.4, 0.5) is 14.6 Å². The molecule has 1 aromatic heterocycles. The van der Waals surface area contributed by atoms with Gasteiger partial charge in [0.25, 0.3) is 5.92 Å². The van der Waals surface area contributed by atoms with Crippen molar-refractivity contribution in [3.63, 3.8) is 0 Å². The summed E-state index contributed by atoms with van der Waals surface area (Å²) in [7, 11) is 1.00. The van der Waals surface area contributed by atoms with Crippen LogP contribution in [0.5, 0.6) is 5.75 Å². The number of carbonyl (C=O) groups is 1. The highest BCUT2D eigenvalue weighted by Crippen LogP contribution is 2.27. The highest BCUT2D eigenvalue weighted by atomic mass is 19.3. The van der Waals surface area contributed by atoms with Crippen molar-refractivity contribution in [1.29, 1.82) is 0 Å². The molecule has 0 amide bonds. The van der Waals surface area contributed by atoms with E-state index in [1.54, 1.807) is 26.0 Å². The average Bonchev–Trinajstić information content (AvgIpc) is 2.90. The van der Waals surface area contributed by atoms with E-state index in [4.69, 9.17) is 14.8 Å². The predicted molar refractivity (Wildman–Crippen MR) is 149 cm³/mol. The molecule has 0 spiro atoms. The molecule has 3 rings (SSSR count). The fourth-order valence-electron chi connectivity index (χ4n) is 3.85. The van der Waals surface area contributed by atoms with Gasteiger partial charge in [-0.25, -0.2) is 13.8 Å². The molecule has 0 fully saturated rings. The fourth-order valence-corrected chi connectivity index (χ4v) is 3.85. The molecule has 0 unspecified atom stereocenters. The number of hydrogen-bond donors (Lipinski definition) is 1. The van der Waals surface area contributed by atoms with E-state index in [9.17, 15) is 13.6 Å². The van der Waals surface area contributed by atoms with Crippen molar-refractivity contribution in [3.05, 3.63) is 89.1 Å². The molecule has 5 nitrogen and oxygen atoms in total. The van der Waals surface area contributed by atoms with Crippen LogP contribution in [0.3, 0.4) is 0 Å². The molecule has 0 saturated heterocycles. The number of hydrogen-bond acceptors (Lipinski definition) is 5. The lowest BCUT2D eigenvalue weighted by atomic mass is 10.1. The Hall–Kier alpha value is -3.32. The zero-order valence-corrected chi connectivity index (χ0v) is 23.2. The van der Waals surface area contributed by atoms with E-state index < -0.39 is 11.5 Å². The van der Waals surface area contributed by atoms with Gasteiger partial charge in [-0.3, -0.25) is 4.79 Å². The first kappa shape index (κ1) is 30.9. The Kier molecular flexibility index (Phi) is 11.4. The summed E-state index contributed by atoms with van der Waals surface area (Å²) in [6.07, 6.45) is 4.45. The molecule has 0 saturated carbocycles. The van der Waals surface area contributed by atoms with Gasteiger partial charge in [0.2, 0.25) is 0 Å². The lowest BCUT2D eigenvalue weighted by Gasteiger charge is -2.25. The monoisotopic (exact) mass is 526 g/mol. The van der Waals surface area contributed by atoms with Gasteiger partial charge in [-0.1, -0.05) is 56.3 Å². The van der Waals surface area contributed by atoms with Gasteiger partial charge in [0.05, 0.1) is 0 Å². The molecular weight excluding hydrogens is 486 g/mol. The minimum absolute atomic E-state index is 0.0150. The third-order valence-electron chi connectivity index (χ3n) is 6.08. The number of aromatic nitrogens is 1. The summed E-state index contributed by atoms with van der Waals surface area (Å²) < 4.78 is 32.9. The molecule has 0 atom stereocenters. The summed E-state index contributed by atoms with van der Waals surface area (Å²) in [5.74, 6) is -0.930. The van der Waals surface area contributed by atoms with Crippen molar-refractivity contribution in [2.75, 3.05) is 18.6 Å². The van der Waals surface area contributed by atoms with Gasteiger partial charge in [0, 0.05) is 38.9 Å². The van der Waals surface area contributed by atoms with Crippen LogP contribution in [0.25, 0.3) is 0 Å². The second-order valence-electron chi connectivity index (χ2n) is 10.2. The first-order valence-electron chi connectivity index (χ1n) is 12.8. The van der Waals surface area contributed by atoms with Gasteiger partial charge in [0.1, 0.15) is 11.6 Å². The van der Waals surface area contributed by atoms with Crippen LogP contribution in [0, 0.1) is 0 Å². The SMILES string of the molecule is CC(C)c1ccc(N(CCCc2ccc(OC(C)(C)C=O)cc2)Cc2ccc(C(C)(F)F)cc2)nc1.CO. The number of ether oxygens (including phenoxy) is 1. The number of halogens is 2. The molecule has 0 aliphatic heterocycles. The minimum atomic E-state index is -2.85. The highest BCUT2D eigenvalue weighted by Gasteiger charge is 2.24. The number of benzene rings is 2. The number of nitrogens with zero attached hydrogens (tertiary/aromatic N) is 2. The van der Waals surface area contributed by atoms with Crippen molar-refractivity contribution >= 4 is 12.1 Å². The molecule has 3 aromatic rings. The van der Waals surface area contributed by atoms with E-state index in [-0.39, 0.29) is 5.56 Å². The number of aldehydes is 1. The first-order chi connectivity index (χ1) is 18.0. The summed E-state index contributed by atoms with van der Waals surface area (Å²) in [5.41, 5.74) is 2.46. The summed E-state index contributed by atoms with van der Waals surface area (Å²) in [6.45, 7) is 9.98. The van der Waals surface area contributed by atoms with Crippen molar-refractivity contribution in [3.8, 4) is 5.75 Å². The molecule has 38 heavy (non-hydrogen) atoms. The molecular formula is C31H40F2N2O3. The Morgan fingerprint density at radius 2 is 1.55 bits per heavy atom. The number of rotatable bonds is 12. The Bertz CT molecular complexity index is 1110. The van der Waals surface area contributed by atoms with E-state index in [1.165, 1.54) is 23.3 Å². The van der Waals surface area contributed by atoms with Gasteiger partial charge >= 0.3 is 0 Å². The topological polar surface area (TPSA) is 62.7 Å². The van der Waals surface area contributed by atoms with Crippen LogP contribution in [-0.4, -0.2) is 35.6 Å². The van der Waals surface area contributed by atoms with Gasteiger partial charge < -0.3 is 14.7 Å². The maximum absolute atomic E-state index is 13.6. The van der Waals surface area contributed by atoms with Crippen LogP contribution in [-0.2, 0) is 23.7 Å². The average molecular weight is 527 g/mol. The Labute approximate surface area is 225 Å². The van der Waals surface area contributed by atoms with E-state index in [0.717, 1.165) is 51.1 Å². The van der Waals surface area contributed by atoms with Crippen LogP contribution in [0.15, 0.2) is 66.9 Å². The molecule has 0 bridgehead atoms. The Morgan fingerprint density at radius 3 is 2.05 bits per heavy atom. The standard InChI is InChI=1S/C30H36F2N2O2.CH4O/c1-22(2)25-12-17-28(33-19-25)34(20-24-8-13-26(14-9-24)30(5,31)32)18-6-7-23-10-15-27(16-11-23)36-29(3,4)21-35;1-2/h8-17,19,21-22H,6-7,18,20H2,1-5H3;2H,1H3. The zero-order chi connectivity index (χ0) is 28.3. The maximum atomic E-state index is 13.6. The molecule has 0 aliphatic rings. The second kappa shape index (κ2) is 14.0. The normalized spacial score (nSPS) is 11.5. The van der Waals surface area contributed by atoms with E-state index in [0.29, 0.717) is 18.2 Å². The minimum Gasteiger partial charge on any atom is -0.480 e. The van der Waals surface area contributed by atoms with Crippen molar-refractivity contribution in [2.24, 2.45) is 0 Å². The smallest absolute Gasteiger partial charge is 0.270 e. The van der Waals surface area contributed by atoms with Gasteiger partial charge in [-0.15, -0.1) is 0 Å². The molecule has 7 heteroatoms. The summed E-state index contributed by atoms with van der Waals surface area (Å²) >= 11 is 0. The van der Waals surface area contributed by atoms with Gasteiger partial charge in [0.15, 0.2) is 11.9 Å². The van der Waals surface area contributed by atoms with Crippen molar-refractivity contribution in [2.45, 2.75) is 71.4 Å². The number of carbonyl (C=O) groups excluding carboxylic acids is 1. The highest BCUT2D eigenvalue weighted by molar-refractivity contribution is 5.61. The van der Waals surface area contributed by atoms with E-state index in [1.807, 2.05) is 36.5 Å². The number of aliphatic hydroxyl groups excluding tert-OH is 1. The van der Waals surface area contributed by atoms with Crippen LogP contribution >= 0.6 is 0 Å². The van der Waals surface area contributed by atoms with E-state index in [2.05, 4.69) is 24.8 Å². The van der Waals surface area contributed by atoms with Crippen molar-refractivity contribution in [1.82, 2.24) is 4.98 Å². The molecule has 0 radical (unpaired) electrons. The molecule has 0 aliphatic carbocycles. The quantitative estimate of drug-likeness (QED) is 0.260. The fraction of sp³-hybridized carbons (Fsp3) is 0.419. The van der Waals surface area contributed by atoms with Crippen LogP contribution < -0.4 is 9.64 Å². The molecule has 2 aromatic carbocycles. The number of anilines is 1. The zero-order valence-electron chi connectivity index (χ0n) is 23.2. The third kappa shape index (κ3) is 9.53. The lowest BCUT2D eigenvalue weighted by Crippen LogP contribution is -2.29. The summed E-state index contributed by atoms with van der Waals surface area (Å²) in [6, 6.07) is 18.5. The Morgan fingerprint density at radius 1 is 0.947 bits per heavy atom. The number of aryl methyl sites for hydroxylation is 1. The predicted octanol–water partition coefficient (Wildman–Crippen LogP) is 6.92. The summed E-state index contributed by atoms with van der Waals surface area (Å²) in [4.78, 5) is 18.0. The second-order valence-corrected chi connectivity index (χ2v) is 10.2. The number of pyridine rings is 1. The van der Waals surface area contributed by atoms with Crippen molar-refractivity contribution < 1.29 is 23.4 Å². The lowest BCUT2D eigenvalue weighted by molar-refractivity contribution is -0.119. The molecule has 206 valence electrons. The number of alkyl halides is 2. The largest absolute Gasteiger partial charge is 0.480 e. The summed E-state index contributed by atoms with van der Waals surface area (Å²) in [5, 5.41) is 7.00.